The van der Waals surface area contributed by atoms with E-state index in [0.717, 1.165) is 11.6 Å². The number of hydrogen-bond donors (Lipinski definition) is 2. The molecule has 0 radical (unpaired) electrons. The summed E-state index contributed by atoms with van der Waals surface area (Å²) >= 11 is 0. The quantitative estimate of drug-likeness (QED) is 0.762. The Morgan fingerprint density at radius 1 is 0.905 bits per heavy atom. The highest BCUT2D eigenvalue weighted by Crippen LogP contribution is 2.29. The molecule has 2 aromatic carbocycles. The smallest absolute Gasteiger partial charge is 0.197 e. The van der Waals surface area contributed by atoms with Gasteiger partial charge in [-0.3, -0.25) is 0 Å². The van der Waals surface area contributed by atoms with E-state index in [-0.39, 0.29) is 5.39 Å². The van der Waals surface area contributed by atoms with Gasteiger partial charge in [-0.05, 0) is 24.4 Å². The molecule has 2 aromatic rings. The largest absolute Gasteiger partial charge is 0.313 e. The maximum absolute atomic E-state index is 11.9. The SMILES string of the molecule is Cc1ccc2c(S(=O)(=O)ON)cc(S(=O)(=O)ON)cc2c1. The third-order valence-corrected chi connectivity index (χ3v) is 5.05. The molecule has 0 aliphatic carbocycles. The van der Waals surface area contributed by atoms with E-state index in [2.05, 4.69) is 8.57 Å². The van der Waals surface area contributed by atoms with Crippen LogP contribution in [0, 0.1) is 6.92 Å². The van der Waals surface area contributed by atoms with Gasteiger partial charge in [-0.1, -0.05) is 23.8 Å². The van der Waals surface area contributed by atoms with Crippen LogP contribution in [0.2, 0.25) is 0 Å². The lowest BCUT2D eigenvalue weighted by molar-refractivity contribution is 0.331. The van der Waals surface area contributed by atoms with Crippen LogP contribution >= 0.6 is 0 Å². The fourth-order valence-corrected chi connectivity index (χ4v) is 3.44. The Kier molecular flexibility index (Phi) is 4.02. The molecule has 0 heterocycles. The van der Waals surface area contributed by atoms with Crippen LogP contribution in [0.15, 0.2) is 40.1 Å². The molecule has 0 atom stereocenters. The second kappa shape index (κ2) is 5.33. The van der Waals surface area contributed by atoms with E-state index in [9.17, 15) is 16.8 Å². The fourth-order valence-electron chi connectivity index (χ4n) is 1.89. The Labute approximate surface area is 121 Å². The van der Waals surface area contributed by atoms with Gasteiger partial charge in [0.1, 0.15) is 4.90 Å². The van der Waals surface area contributed by atoms with Crippen molar-refractivity contribution in [2.75, 3.05) is 0 Å². The molecule has 0 fully saturated rings. The van der Waals surface area contributed by atoms with Crippen LogP contribution in [0.3, 0.4) is 0 Å². The van der Waals surface area contributed by atoms with Gasteiger partial charge >= 0.3 is 20.2 Å². The maximum atomic E-state index is 11.9. The van der Waals surface area contributed by atoms with Crippen LogP contribution in [0.5, 0.6) is 0 Å². The van der Waals surface area contributed by atoms with E-state index in [1.165, 1.54) is 12.1 Å². The lowest BCUT2D eigenvalue weighted by Crippen LogP contribution is -2.15. The van der Waals surface area contributed by atoms with E-state index in [1.54, 1.807) is 19.1 Å². The third-order valence-electron chi connectivity index (χ3n) is 2.86. The topological polar surface area (TPSA) is 139 Å². The Hall–Kier alpha value is -1.56. The normalized spacial score (nSPS) is 12.7. The van der Waals surface area contributed by atoms with Crippen molar-refractivity contribution < 1.29 is 25.4 Å². The van der Waals surface area contributed by atoms with Crippen molar-refractivity contribution in [3.8, 4) is 0 Å². The Bertz CT molecular complexity index is 906. The predicted octanol–water partition coefficient (Wildman–Crippen LogP) is 0.306. The number of rotatable bonds is 4. The van der Waals surface area contributed by atoms with Crippen LogP contribution in [0.25, 0.3) is 10.8 Å². The first-order valence-corrected chi connectivity index (χ1v) is 8.34. The summed E-state index contributed by atoms with van der Waals surface area (Å²) in [6.07, 6.45) is 0. The number of hydrogen-bond acceptors (Lipinski definition) is 8. The first-order chi connectivity index (χ1) is 9.71. The maximum Gasteiger partial charge on any atom is 0.313 e. The van der Waals surface area contributed by atoms with Crippen molar-refractivity contribution in [3.63, 3.8) is 0 Å². The van der Waals surface area contributed by atoms with Gasteiger partial charge in [0.15, 0.2) is 0 Å². The molecule has 0 aliphatic heterocycles. The van der Waals surface area contributed by atoms with Gasteiger partial charge in [-0.25, -0.2) is 0 Å². The average Bonchev–Trinajstić information content (AvgIpc) is 2.45. The van der Waals surface area contributed by atoms with Crippen LogP contribution in [0.1, 0.15) is 5.56 Å². The van der Waals surface area contributed by atoms with Crippen molar-refractivity contribution in [2.45, 2.75) is 16.7 Å². The van der Waals surface area contributed by atoms with Gasteiger partial charge in [-0.2, -0.15) is 37.2 Å². The molecule has 0 unspecified atom stereocenters. The Morgan fingerprint density at radius 2 is 1.52 bits per heavy atom. The number of benzene rings is 2. The zero-order valence-electron chi connectivity index (χ0n) is 10.8. The summed E-state index contributed by atoms with van der Waals surface area (Å²) in [5.74, 6) is 9.47. The first kappa shape index (κ1) is 15.8. The van der Waals surface area contributed by atoms with E-state index in [0.29, 0.717) is 5.39 Å². The summed E-state index contributed by atoms with van der Waals surface area (Å²) in [5.41, 5.74) is 0.808. The highest BCUT2D eigenvalue weighted by atomic mass is 32.2. The predicted molar refractivity (Wildman–Crippen MR) is 73.6 cm³/mol. The lowest BCUT2D eigenvalue weighted by atomic mass is 10.1. The average molecular weight is 332 g/mol. The standard InChI is InChI=1S/C11H12N2O6S2/c1-7-2-3-10-8(4-7)5-9(20(14,15)18-12)6-11(10)21(16,17)19-13/h2-6H,12-13H2,1H3. The first-order valence-electron chi connectivity index (χ1n) is 5.52. The molecule has 0 aliphatic rings. The molecule has 114 valence electrons. The zero-order chi connectivity index (χ0) is 15.8. The molecular weight excluding hydrogens is 320 g/mol. The molecule has 0 bridgehead atoms. The zero-order valence-corrected chi connectivity index (χ0v) is 12.4. The molecule has 8 nitrogen and oxygen atoms in total. The fraction of sp³-hybridized carbons (Fsp3) is 0.0909. The van der Waals surface area contributed by atoms with Gasteiger partial charge in [0.25, 0.3) is 0 Å². The van der Waals surface area contributed by atoms with Gasteiger partial charge in [0.05, 0.1) is 4.90 Å². The summed E-state index contributed by atoms with van der Waals surface area (Å²) in [5, 5.41) is 0.630. The van der Waals surface area contributed by atoms with Gasteiger partial charge in [0.2, 0.25) is 0 Å². The van der Waals surface area contributed by atoms with Crippen molar-refractivity contribution in [1.82, 2.24) is 0 Å². The Balaban J connectivity index is 2.95. The molecule has 0 aromatic heterocycles. The molecule has 21 heavy (non-hydrogen) atoms. The molecule has 0 saturated heterocycles. The second-order valence-electron chi connectivity index (χ2n) is 4.25. The van der Waals surface area contributed by atoms with E-state index < -0.39 is 30.0 Å². The summed E-state index contributed by atoms with van der Waals surface area (Å²) < 4.78 is 55.0. The molecule has 2 rings (SSSR count). The molecule has 4 N–H and O–H groups in total. The lowest BCUT2D eigenvalue weighted by Gasteiger charge is -2.09. The Morgan fingerprint density at radius 3 is 2.10 bits per heavy atom. The molecule has 0 amide bonds. The minimum atomic E-state index is -4.31. The minimum Gasteiger partial charge on any atom is -0.197 e. The monoisotopic (exact) mass is 332 g/mol. The summed E-state index contributed by atoms with van der Waals surface area (Å²) in [7, 11) is -8.59. The van der Waals surface area contributed by atoms with Gasteiger partial charge < -0.3 is 0 Å². The van der Waals surface area contributed by atoms with Crippen LogP contribution in [0.4, 0.5) is 0 Å². The van der Waals surface area contributed by atoms with Crippen LogP contribution < -0.4 is 11.8 Å². The summed E-state index contributed by atoms with van der Waals surface area (Å²) in [4.78, 5) is -0.808. The molecule has 0 saturated carbocycles. The van der Waals surface area contributed by atoms with Crippen molar-refractivity contribution in [3.05, 3.63) is 35.9 Å². The highest BCUT2D eigenvalue weighted by molar-refractivity contribution is 7.87. The highest BCUT2D eigenvalue weighted by Gasteiger charge is 2.23. The van der Waals surface area contributed by atoms with Crippen molar-refractivity contribution in [2.24, 2.45) is 11.8 Å². The second-order valence-corrected chi connectivity index (χ2v) is 7.36. The minimum absolute atomic E-state index is 0.266. The summed E-state index contributed by atoms with van der Waals surface area (Å²) in [6.45, 7) is 1.77. The van der Waals surface area contributed by atoms with Crippen LogP contribution in [-0.4, -0.2) is 16.8 Å². The van der Waals surface area contributed by atoms with Gasteiger partial charge in [-0.15, -0.1) is 0 Å². The van der Waals surface area contributed by atoms with E-state index in [1.807, 2.05) is 0 Å². The van der Waals surface area contributed by atoms with E-state index in [4.69, 9.17) is 11.8 Å². The third kappa shape index (κ3) is 2.90. The number of fused-ring (bicyclic) bond motifs is 1. The summed E-state index contributed by atoms with van der Waals surface area (Å²) in [6, 6.07) is 6.93. The number of aryl methyl sites for hydroxylation is 1. The number of nitrogens with two attached hydrogens (primary N) is 2. The van der Waals surface area contributed by atoms with Crippen molar-refractivity contribution in [1.29, 1.82) is 0 Å². The van der Waals surface area contributed by atoms with Crippen LogP contribution in [-0.2, 0) is 28.8 Å². The molecular formula is C11H12N2O6S2. The molecule has 0 spiro atoms. The van der Waals surface area contributed by atoms with E-state index >= 15 is 0 Å². The molecule has 10 heteroatoms. The van der Waals surface area contributed by atoms with Crippen molar-refractivity contribution >= 4 is 31.0 Å². The van der Waals surface area contributed by atoms with Gasteiger partial charge in [0, 0.05) is 5.39 Å².